The molecule has 1 fully saturated rings. The van der Waals surface area contributed by atoms with Crippen LogP contribution in [0.3, 0.4) is 0 Å². The van der Waals surface area contributed by atoms with Crippen molar-refractivity contribution in [3.63, 3.8) is 0 Å². The molecule has 37 heavy (non-hydrogen) atoms. The zero-order valence-corrected chi connectivity index (χ0v) is 24.8. The molecule has 1 aliphatic rings. The van der Waals surface area contributed by atoms with E-state index in [1.807, 2.05) is 30.3 Å². The summed E-state index contributed by atoms with van der Waals surface area (Å²) in [5, 5.41) is 0. The zero-order chi connectivity index (χ0) is 26.8. The number of hydrogen-bond donors (Lipinski definition) is 0. The monoisotopic (exact) mass is 533 g/mol. The second-order valence-corrected chi connectivity index (χ2v) is 15.7. The third-order valence-electron chi connectivity index (χ3n) is 6.72. The van der Waals surface area contributed by atoms with Crippen molar-refractivity contribution in [2.75, 3.05) is 19.3 Å². The SMILES string of the molecule is C[SiH](C)OC(c1cccc(C(=C2CN(C(c3ccccc3)c3ccccc3)C2)S(C)(=O)=O)c1)C(C)(C)C. The van der Waals surface area contributed by atoms with Crippen LogP contribution < -0.4 is 0 Å². The molecule has 1 saturated heterocycles. The van der Waals surface area contributed by atoms with E-state index >= 15 is 0 Å². The average molecular weight is 534 g/mol. The van der Waals surface area contributed by atoms with E-state index in [-0.39, 0.29) is 17.6 Å². The maximum absolute atomic E-state index is 13.1. The highest BCUT2D eigenvalue weighted by Crippen LogP contribution is 2.41. The molecule has 196 valence electrons. The van der Waals surface area contributed by atoms with Gasteiger partial charge in [-0.25, -0.2) is 8.42 Å². The Labute approximate surface area is 224 Å². The molecule has 4 nitrogen and oxygen atoms in total. The predicted molar refractivity (Wildman–Crippen MR) is 157 cm³/mol. The Morgan fingerprint density at radius 1 is 0.838 bits per heavy atom. The third-order valence-corrected chi connectivity index (χ3v) is 8.80. The number of nitrogens with zero attached hydrogens (tertiary/aromatic N) is 1. The van der Waals surface area contributed by atoms with E-state index in [1.54, 1.807) is 0 Å². The second-order valence-electron chi connectivity index (χ2n) is 11.4. The van der Waals surface area contributed by atoms with Gasteiger partial charge < -0.3 is 4.43 Å². The molecule has 1 atom stereocenters. The van der Waals surface area contributed by atoms with Crippen LogP contribution in [-0.4, -0.2) is 41.7 Å². The van der Waals surface area contributed by atoms with Crippen molar-refractivity contribution in [2.24, 2.45) is 5.41 Å². The molecule has 1 aliphatic heterocycles. The minimum Gasteiger partial charge on any atom is -0.413 e. The molecule has 3 aromatic carbocycles. The van der Waals surface area contributed by atoms with Crippen molar-refractivity contribution in [2.45, 2.75) is 46.0 Å². The Morgan fingerprint density at radius 2 is 1.35 bits per heavy atom. The molecule has 0 aliphatic carbocycles. The first-order valence-corrected chi connectivity index (χ1v) is 17.6. The van der Waals surface area contributed by atoms with Crippen molar-refractivity contribution in [3.8, 4) is 0 Å². The summed E-state index contributed by atoms with van der Waals surface area (Å²) in [5.74, 6) is 0. The highest BCUT2D eigenvalue weighted by molar-refractivity contribution is 8.00. The average Bonchev–Trinajstić information content (AvgIpc) is 2.81. The predicted octanol–water partition coefficient (Wildman–Crippen LogP) is 6.63. The number of likely N-dealkylation sites (tertiary alicyclic amines) is 1. The van der Waals surface area contributed by atoms with Crippen LogP contribution in [0.1, 0.15) is 55.2 Å². The van der Waals surface area contributed by atoms with E-state index < -0.39 is 18.9 Å². The van der Waals surface area contributed by atoms with E-state index in [0.29, 0.717) is 18.0 Å². The summed E-state index contributed by atoms with van der Waals surface area (Å²) in [4.78, 5) is 2.81. The van der Waals surface area contributed by atoms with Gasteiger partial charge in [-0.3, -0.25) is 4.90 Å². The van der Waals surface area contributed by atoms with Gasteiger partial charge in [0.15, 0.2) is 18.9 Å². The molecule has 0 amide bonds. The zero-order valence-electron chi connectivity index (χ0n) is 22.8. The maximum Gasteiger partial charge on any atom is 0.176 e. The lowest BCUT2D eigenvalue weighted by molar-refractivity contribution is 0.0866. The molecule has 0 radical (unpaired) electrons. The van der Waals surface area contributed by atoms with E-state index in [1.165, 1.54) is 17.4 Å². The molecule has 0 bridgehead atoms. The Bertz CT molecular complexity index is 1300. The van der Waals surface area contributed by atoms with E-state index in [4.69, 9.17) is 4.43 Å². The van der Waals surface area contributed by atoms with Crippen LogP contribution >= 0.6 is 0 Å². The lowest BCUT2D eigenvalue weighted by Gasteiger charge is -2.42. The lowest BCUT2D eigenvalue weighted by Crippen LogP contribution is -2.44. The first kappa shape index (κ1) is 27.5. The summed E-state index contributed by atoms with van der Waals surface area (Å²) in [5.41, 5.74) is 5.07. The third kappa shape index (κ3) is 6.50. The van der Waals surface area contributed by atoms with Crippen molar-refractivity contribution >= 4 is 23.8 Å². The summed E-state index contributed by atoms with van der Waals surface area (Å²) in [7, 11) is -4.74. The number of rotatable bonds is 8. The first-order valence-electron chi connectivity index (χ1n) is 13.0. The van der Waals surface area contributed by atoms with Crippen LogP contribution in [0.25, 0.3) is 4.91 Å². The Hall–Kier alpha value is -2.51. The fourth-order valence-electron chi connectivity index (χ4n) is 5.23. The summed E-state index contributed by atoms with van der Waals surface area (Å²) in [6.07, 6.45) is 1.25. The van der Waals surface area contributed by atoms with E-state index in [9.17, 15) is 8.42 Å². The number of sulfone groups is 1. The topological polar surface area (TPSA) is 46.6 Å². The smallest absolute Gasteiger partial charge is 0.176 e. The van der Waals surface area contributed by atoms with E-state index in [2.05, 4.69) is 93.4 Å². The van der Waals surface area contributed by atoms with Gasteiger partial charge in [0.1, 0.15) is 0 Å². The number of benzene rings is 3. The van der Waals surface area contributed by atoms with Crippen molar-refractivity contribution in [1.29, 1.82) is 0 Å². The molecule has 0 saturated carbocycles. The van der Waals surface area contributed by atoms with Crippen LogP contribution in [0.15, 0.2) is 90.5 Å². The number of hydrogen-bond acceptors (Lipinski definition) is 4. The van der Waals surface area contributed by atoms with Gasteiger partial charge in [-0.05, 0) is 52.4 Å². The molecule has 0 N–H and O–H groups in total. The van der Waals surface area contributed by atoms with Gasteiger partial charge in [-0.15, -0.1) is 0 Å². The molecule has 6 heteroatoms. The molecule has 1 heterocycles. The summed E-state index contributed by atoms with van der Waals surface area (Å²) in [6, 6.07) is 28.9. The van der Waals surface area contributed by atoms with Gasteiger partial charge in [-0.2, -0.15) is 0 Å². The molecule has 0 aromatic heterocycles. The lowest BCUT2D eigenvalue weighted by atomic mass is 9.84. The quantitative estimate of drug-likeness (QED) is 0.305. The Morgan fingerprint density at radius 3 is 1.81 bits per heavy atom. The molecule has 3 aromatic rings. The van der Waals surface area contributed by atoms with E-state index in [0.717, 1.165) is 16.7 Å². The van der Waals surface area contributed by atoms with Crippen LogP contribution in [-0.2, 0) is 14.3 Å². The van der Waals surface area contributed by atoms with Crippen molar-refractivity contribution in [3.05, 3.63) is 113 Å². The Kier molecular flexibility index (Phi) is 8.24. The fraction of sp³-hybridized carbons (Fsp3) is 0.355. The summed E-state index contributed by atoms with van der Waals surface area (Å²) < 4.78 is 32.7. The van der Waals surface area contributed by atoms with Crippen LogP contribution in [0.4, 0.5) is 0 Å². The van der Waals surface area contributed by atoms with Gasteiger partial charge in [0.2, 0.25) is 0 Å². The molecule has 1 unspecified atom stereocenters. The van der Waals surface area contributed by atoms with Crippen LogP contribution in [0.5, 0.6) is 0 Å². The van der Waals surface area contributed by atoms with Gasteiger partial charge in [0, 0.05) is 19.3 Å². The highest BCUT2D eigenvalue weighted by Gasteiger charge is 2.35. The highest BCUT2D eigenvalue weighted by atomic mass is 32.2. The maximum atomic E-state index is 13.1. The van der Waals surface area contributed by atoms with Crippen LogP contribution in [0.2, 0.25) is 13.1 Å². The van der Waals surface area contributed by atoms with Crippen molar-refractivity contribution < 1.29 is 12.8 Å². The van der Waals surface area contributed by atoms with Crippen molar-refractivity contribution in [1.82, 2.24) is 4.90 Å². The first-order chi connectivity index (χ1) is 17.4. The van der Waals surface area contributed by atoms with Gasteiger partial charge in [-0.1, -0.05) is 99.6 Å². The summed E-state index contributed by atoms with van der Waals surface area (Å²) >= 11 is 0. The fourth-order valence-corrected chi connectivity index (χ4v) is 7.55. The largest absolute Gasteiger partial charge is 0.413 e. The molecule has 0 spiro atoms. The minimum absolute atomic E-state index is 0.0768. The molecular weight excluding hydrogens is 494 g/mol. The summed E-state index contributed by atoms with van der Waals surface area (Å²) in [6.45, 7) is 12.1. The van der Waals surface area contributed by atoms with Gasteiger partial charge in [0.05, 0.1) is 17.1 Å². The standard InChI is InChI=1S/C31H39NO3SSi/c1-31(2,3)30(35-37(5)6)26-19-13-18-25(20-26)29(36(4,33)34)27-21-32(22-27)28(23-14-9-7-10-15-23)24-16-11-8-12-17-24/h7-20,28,30,37H,21-22H2,1-6H3. The minimum atomic E-state index is -3.44. The second kappa shape index (κ2) is 11.1. The normalized spacial score (nSPS) is 15.6. The molecule has 4 rings (SSSR count). The molecular formula is C31H39NO3SSi. The van der Waals surface area contributed by atoms with Crippen LogP contribution in [0, 0.1) is 5.41 Å². The Balaban J connectivity index is 1.71. The van der Waals surface area contributed by atoms with Gasteiger partial charge >= 0.3 is 0 Å². The van der Waals surface area contributed by atoms with Gasteiger partial charge in [0.25, 0.3) is 0 Å².